The first-order chi connectivity index (χ1) is 9.99. The molecule has 0 spiro atoms. The average Bonchev–Trinajstić information content (AvgIpc) is 2.49. The van der Waals surface area contributed by atoms with E-state index in [1.54, 1.807) is 30.3 Å². The van der Waals surface area contributed by atoms with Crippen LogP contribution in [0.5, 0.6) is 0 Å². The van der Waals surface area contributed by atoms with Gasteiger partial charge < -0.3 is 0 Å². The number of Topliss-reactive ketones (excluding diaryl/α,β-unsaturated/α-hetero) is 1. The van der Waals surface area contributed by atoms with Gasteiger partial charge in [0.15, 0.2) is 9.84 Å². The molecule has 1 saturated carbocycles. The van der Waals surface area contributed by atoms with Crippen molar-refractivity contribution in [1.29, 1.82) is 0 Å². The lowest BCUT2D eigenvalue weighted by atomic mass is 9.83. The third kappa shape index (κ3) is 4.53. The fourth-order valence-electron chi connectivity index (χ4n) is 2.75. The highest BCUT2D eigenvalue weighted by Gasteiger charge is 2.23. The van der Waals surface area contributed by atoms with Gasteiger partial charge in [-0.25, -0.2) is 8.42 Å². The van der Waals surface area contributed by atoms with Gasteiger partial charge in [-0.1, -0.05) is 36.8 Å². The van der Waals surface area contributed by atoms with Gasteiger partial charge in [0.1, 0.15) is 5.78 Å². The Labute approximate surface area is 127 Å². The van der Waals surface area contributed by atoms with Gasteiger partial charge in [0, 0.05) is 12.3 Å². The van der Waals surface area contributed by atoms with Crippen LogP contribution in [0, 0.1) is 5.92 Å². The Kier molecular flexibility index (Phi) is 5.34. The summed E-state index contributed by atoms with van der Waals surface area (Å²) in [7, 11) is -3.26. The van der Waals surface area contributed by atoms with Crippen molar-refractivity contribution in [1.82, 2.24) is 0 Å². The zero-order valence-corrected chi connectivity index (χ0v) is 13.1. The number of allylic oxidation sites excluding steroid dienone is 1. The Hall–Kier alpha value is -1.42. The molecule has 0 radical (unpaired) electrons. The first-order valence-corrected chi connectivity index (χ1v) is 9.11. The number of ketones is 1. The topological polar surface area (TPSA) is 51.2 Å². The molecule has 1 atom stereocenters. The van der Waals surface area contributed by atoms with Crippen LogP contribution in [0.3, 0.4) is 0 Å². The highest BCUT2D eigenvalue weighted by atomic mass is 32.2. The second-order valence-corrected chi connectivity index (χ2v) is 7.85. The third-order valence-corrected chi connectivity index (χ3v) is 5.77. The maximum absolute atomic E-state index is 12.2. The molecule has 1 aliphatic rings. The molecule has 1 unspecified atom stereocenters. The SMILES string of the molecule is C=C(CCS(=O)(=O)c1ccccc1)CC1CCCCC1=O. The zero-order chi connectivity index (χ0) is 15.3. The van der Waals surface area contributed by atoms with Gasteiger partial charge in [-0.3, -0.25) is 4.79 Å². The maximum atomic E-state index is 12.2. The number of benzene rings is 1. The van der Waals surface area contributed by atoms with Crippen LogP contribution in [0.15, 0.2) is 47.4 Å². The average molecular weight is 306 g/mol. The Balaban J connectivity index is 1.88. The van der Waals surface area contributed by atoms with E-state index in [4.69, 9.17) is 0 Å². The molecule has 0 aliphatic heterocycles. The van der Waals surface area contributed by atoms with Crippen molar-refractivity contribution in [3.63, 3.8) is 0 Å². The lowest BCUT2D eigenvalue weighted by Gasteiger charge is -2.21. The van der Waals surface area contributed by atoms with E-state index >= 15 is 0 Å². The van der Waals surface area contributed by atoms with Crippen LogP contribution in [0.1, 0.15) is 38.5 Å². The molecule has 1 fully saturated rings. The molecule has 4 heteroatoms. The van der Waals surface area contributed by atoms with Crippen LogP contribution in [0.2, 0.25) is 0 Å². The van der Waals surface area contributed by atoms with Crippen LogP contribution in [0.25, 0.3) is 0 Å². The van der Waals surface area contributed by atoms with E-state index < -0.39 is 9.84 Å². The van der Waals surface area contributed by atoms with Crippen LogP contribution in [-0.4, -0.2) is 20.0 Å². The Morgan fingerprint density at radius 2 is 1.90 bits per heavy atom. The molecule has 0 heterocycles. The number of carbonyl (C=O) groups is 1. The summed E-state index contributed by atoms with van der Waals surface area (Å²) in [5, 5.41) is 0. The normalized spacial score (nSPS) is 19.4. The molecular formula is C17H22O3S. The van der Waals surface area contributed by atoms with Crippen molar-refractivity contribution in [2.24, 2.45) is 5.92 Å². The maximum Gasteiger partial charge on any atom is 0.178 e. The van der Waals surface area contributed by atoms with Gasteiger partial charge in [-0.05, 0) is 37.8 Å². The molecule has 1 aliphatic carbocycles. The van der Waals surface area contributed by atoms with E-state index in [1.165, 1.54) is 0 Å². The van der Waals surface area contributed by atoms with Crippen LogP contribution < -0.4 is 0 Å². The summed E-state index contributed by atoms with van der Waals surface area (Å²) in [6.45, 7) is 3.96. The van der Waals surface area contributed by atoms with E-state index in [-0.39, 0.29) is 11.7 Å². The first-order valence-electron chi connectivity index (χ1n) is 7.46. The molecule has 2 rings (SSSR count). The second kappa shape index (κ2) is 7.03. The summed E-state index contributed by atoms with van der Waals surface area (Å²) in [6.07, 6.45) is 4.74. The summed E-state index contributed by atoms with van der Waals surface area (Å²) in [6, 6.07) is 8.48. The molecule has 0 amide bonds. The molecular weight excluding hydrogens is 284 g/mol. The van der Waals surface area contributed by atoms with Crippen LogP contribution in [-0.2, 0) is 14.6 Å². The van der Waals surface area contributed by atoms with Crippen molar-refractivity contribution in [3.8, 4) is 0 Å². The number of hydrogen-bond donors (Lipinski definition) is 0. The van der Waals surface area contributed by atoms with Gasteiger partial charge in [0.05, 0.1) is 10.6 Å². The van der Waals surface area contributed by atoms with Gasteiger partial charge in [-0.2, -0.15) is 0 Å². The minimum atomic E-state index is -3.26. The number of sulfone groups is 1. The van der Waals surface area contributed by atoms with Gasteiger partial charge >= 0.3 is 0 Å². The minimum Gasteiger partial charge on any atom is -0.299 e. The molecule has 0 bridgehead atoms. The largest absolute Gasteiger partial charge is 0.299 e. The third-order valence-electron chi connectivity index (χ3n) is 4.04. The summed E-state index contributed by atoms with van der Waals surface area (Å²) in [5.74, 6) is 0.440. The minimum absolute atomic E-state index is 0.0608. The van der Waals surface area contributed by atoms with Gasteiger partial charge in [0.2, 0.25) is 0 Å². The van der Waals surface area contributed by atoms with E-state index in [0.717, 1.165) is 24.8 Å². The summed E-state index contributed by atoms with van der Waals surface area (Å²) in [4.78, 5) is 12.1. The fourth-order valence-corrected chi connectivity index (χ4v) is 4.11. The predicted molar refractivity (Wildman–Crippen MR) is 83.8 cm³/mol. The Bertz CT molecular complexity index is 602. The molecule has 0 aromatic heterocycles. The summed E-state index contributed by atoms with van der Waals surface area (Å²) >= 11 is 0. The molecule has 114 valence electrons. The number of hydrogen-bond acceptors (Lipinski definition) is 3. The van der Waals surface area contributed by atoms with Gasteiger partial charge in [0.25, 0.3) is 0 Å². The highest BCUT2D eigenvalue weighted by Crippen LogP contribution is 2.27. The molecule has 0 N–H and O–H groups in total. The first kappa shape index (κ1) is 16.0. The Morgan fingerprint density at radius 1 is 1.19 bits per heavy atom. The van der Waals surface area contributed by atoms with Crippen molar-refractivity contribution in [2.45, 2.75) is 43.4 Å². The molecule has 0 saturated heterocycles. The predicted octanol–water partition coefficient (Wildman–Crippen LogP) is 3.56. The molecule has 1 aromatic carbocycles. The van der Waals surface area contributed by atoms with E-state index in [2.05, 4.69) is 6.58 Å². The van der Waals surface area contributed by atoms with E-state index in [0.29, 0.717) is 29.9 Å². The molecule has 3 nitrogen and oxygen atoms in total. The smallest absolute Gasteiger partial charge is 0.178 e. The zero-order valence-electron chi connectivity index (χ0n) is 12.3. The lowest BCUT2D eigenvalue weighted by Crippen LogP contribution is -2.19. The quantitative estimate of drug-likeness (QED) is 0.755. The fraction of sp³-hybridized carbons (Fsp3) is 0.471. The van der Waals surface area contributed by atoms with Crippen molar-refractivity contribution < 1.29 is 13.2 Å². The van der Waals surface area contributed by atoms with Crippen molar-refractivity contribution in [2.75, 3.05) is 5.75 Å². The van der Waals surface area contributed by atoms with Crippen LogP contribution in [0.4, 0.5) is 0 Å². The van der Waals surface area contributed by atoms with E-state index in [9.17, 15) is 13.2 Å². The number of carbonyl (C=O) groups excluding carboxylic acids is 1. The van der Waals surface area contributed by atoms with Crippen molar-refractivity contribution in [3.05, 3.63) is 42.5 Å². The van der Waals surface area contributed by atoms with E-state index in [1.807, 2.05) is 0 Å². The standard InChI is InChI=1S/C17H22O3S/c1-14(13-15-7-5-6-10-17(15)18)11-12-21(19,20)16-8-3-2-4-9-16/h2-4,8-9,15H,1,5-7,10-13H2. The second-order valence-electron chi connectivity index (χ2n) is 5.75. The number of rotatable bonds is 6. The lowest BCUT2D eigenvalue weighted by molar-refractivity contribution is -0.124. The van der Waals surface area contributed by atoms with Crippen LogP contribution >= 0.6 is 0 Å². The summed E-state index contributed by atoms with van der Waals surface area (Å²) in [5.41, 5.74) is 0.870. The molecule has 1 aromatic rings. The molecule has 21 heavy (non-hydrogen) atoms. The summed E-state index contributed by atoms with van der Waals surface area (Å²) < 4.78 is 24.4. The Morgan fingerprint density at radius 3 is 2.57 bits per heavy atom. The van der Waals surface area contributed by atoms with Gasteiger partial charge in [-0.15, -0.1) is 0 Å². The van der Waals surface area contributed by atoms with Crippen molar-refractivity contribution >= 4 is 15.6 Å². The monoisotopic (exact) mass is 306 g/mol. The highest BCUT2D eigenvalue weighted by molar-refractivity contribution is 7.91.